The van der Waals surface area contributed by atoms with Crippen LogP contribution in [0.2, 0.25) is 0 Å². The van der Waals surface area contributed by atoms with Gasteiger partial charge in [-0.05, 0) is 67.2 Å². The molecular formula is C26H32FN3O4. The number of imide groups is 1. The van der Waals surface area contributed by atoms with Gasteiger partial charge in [0.25, 0.3) is 5.91 Å². The third kappa shape index (κ3) is 5.08. The Morgan fingerprint density at radius 3 is 2.50 bits per heavy atom. The summed E-state index contributed by atoms with van der Waals surface area (Å²) in [6, 6.07) is 13.9. The Balaban J connectivity index is 1.54. The SMILES string of the molecule is COCCN1C(=O)N[C@](Cc2cccc(OC)c2)(C2CCN(Cc3cccc(F)c3)CC2)C1=O. The number of rotatable bonds is 9. The Labute approximate surface area is 199 Å². The van der Waals surface area contributed by atoms with Crippen LogP contribution in [0, 0.1) is 11.7 Å². The number of halogens is 1. The molecule has 0 radical (unpaired) electrons. The number of hydrogen-bond acceptors (Lipinski definition) is 5. The number of hydrogen-bond donors (Lipinski definition) is 1. The molecule has 0 bridgehead atoms. The molecule has 2 aliphatic heterocycles. The zero-order valence-electron chi connectivity index (χ0n) is 19.8. The summed E-state index contributed by atoms with van der Waals surface area (Å²) in [6.45, 7) is 2.71. The van der Waals surface area contributed by atoms with Gasteiger partial charge in [-0.2, -0.15) is 0 Å². The quantitative estimate of drug-likeness (QED) is 0.571. The summed E-state index contributed by atoms with van der Waals surface area (Å²) < 4.78 is 24.1. The van der Waals surface area contributed by atoms with E-state index in [9.17, 15) is 14.0 Å². The van der Waals surface area contributed by atoms with E-state index >= 15 is 0 Å². The van der Waals surface area contributed by atoms with Crippen LogP contribution in [-0.2, 0) is 22.5 Å². The first-order chi connectivity index (χ1) is 16.4. The Morgan fingerprint density at radius 1 is 1.06 bits per heavy atom. The Kier molecular flexibility index (Phi) is 7.48. The smallest absolute Gasteiger partial charge is 0.325 e. The van der Waals surface area contributed by atoms with E-state index in [1.165, 1.54) is 11.0 Å². The van der Waals surface area contributed by atoms with Gasteiger partial charge >= 0.3 is 6.03 Å². The van der Waals surface area contributed by atoms with E-state index < -0.39 is 5.54 Å². The van der Waals surface area contributed by atoms with E-state index in [-0.39, 0.29) is 30.2 Å². The molecule has 2 heterocycles. The Hall–Kier alpha value is -2.97. The number of amides is 3. The first-order valence-electron chi connectivity index (χ1n) is 11.7. The number of nitrogens with zero attached hydrogens (tertiary/aromatic N) is 2. The lowest BCUT2D eigenvalue weighted by molar-refractivity contribution is -0.134. The predicted molar refractivity (Wildman–Crippen MR) is 126 cm³/mol. The van der Waals surface area contributed by atoms with E-state index in [2.05, 4.69) is 10.2 Å². The minimum Gasteiger partial charge on any atom is -0.497 e. The van der Waals surface area contributed by atoms with Crippen molar-refractivity contribution >= 4 is 11.9 Å². The third-order valence-corrected chi connectivity index (χ3v) is 6.92. The van der Waals surface area contributed by atoms with Crippen LogP contribution in [0.25, 0.3) is 0 Å². The number of carbonyl (C=O) groups is 2. The maximum absolute atomic E-state index is 13.7. The van der Waals surface area contributed by atoms with Crippen molar-refractivity contribution < 1.29 is 23.5 Å². The van der Waals surface area contributed by atoms with Crippen LogP contribution in [-0.4, -0.2) is 67.7 Å². The fraction of sp³-hybridized carbons (Fsp3) is 0.462. The number of piperidine rings is 1. The number of ether oxygens (including phenoxy) is 2. The first kappa shape index (κ1) is 24.2. The maximum atomic E-state index is 13.7. The lowest BCUT2D eigenvalue weighted by atomic mass is 9.74. The van der Waals surface area contributed by atoms with Gasteiger partial charge in [-0.25, -0.2) is 9.18 Å². The second kappa shape index (κ2) is 10.5. The largest absolute Gasteiger partial charge is 0.497 e. The fourth-order valence-corrected chi connectivity index (χ4v) is 5.15. The maximum Gasteiger partial charge on any atom is 0.325 e. The second-order valence-corrected chi connectivity index (χ2v) is 9.06. The molecule has 1 N–H and O–H groups in total. The highest BCUT2D eigenvalue weighted by atomic mass is 19.1. The number of urea groups is 1. The van der Waals surface area contributed by atoms with Crippen molar-refractivity contribution in [2.24, 2.45) is 5.92 Å². The van der Waals surface area contributed by atoms with Gasteiger partial charge in [0.1, 0.15) is 17.1 Å². The molecule has 34 heavy (non-hydrogen) atoms. The number of benzene rings is 2. The van der Waals surface area contributed by atoms with Crippen molar-refractivity contribution in [2.75, 3.05) is 40.5 Å². The van der Waals surface area contributed by atoms with E-state index in [1.54, 1.807) is 26.4 Å². The van der Waals surface area contributed by atoms with Crippen molar-refractivity contribution in [1.82, 2.24) is 15.1 Å². The van der Waals surface area contributed by atoms with Gasteiger partial charge in [-0.15, -0.1) is 0 Å². The van der Waals surface area contributed by atoms with Crippen LogP contribution in [0.5, 0.6) is 5.75 Å². The molecule has 0 aliphatic carbocycles. The fourth-order valence-electron chi connectivity index (χ4n) is 5.15. The topological polar surface area (TPSA) is 71.1 Å². The number of nitrogens with one attached hydrogen (secondary N) is 1. The van der Waals surface area contributed by atoms with Crippen molar-refractivity contribution in [3.8, 4) is 5.75 Å². The van der Waals surface area contributed by atoms with Gasteiger partial charge < -0.3 is 14.8 Å². The van der Waals surface area contributed by atoms with E-state index in [1.807, 2.05) is 30.3 Å². The Morgan fingerprint density at radius 2 is 1.79 bits per heavy atom. The minimum atomic E-state index is -1.01. The average molecular weight is 470 g/mol. The lowest BCUT2D eigenvalue weighted by Crippen LogP contribution is -2.57. The number of likely N-dealkylation sites (tertiary alicyclic amines) is 1. The van der Waals surface area contributed by atoms with Crippen LogP contribution in [0.4, 0.5) is 9.18 Å². The monoisotopic (exact) mass is 469 g/mol. The van der Waals surface area contributed by atoms with Gasteiger partial charge in [-0.3, -0.25) is 14.6 Å². The summed E-state index contributed by atoms with van der Waals surface area (Å²) in [4.78, 5) is 30.1. The molecule has 8 heteroatoms. The summed E-state index contributed by atoms with van der Waals surface area (Å²) >= 11 is 0. The molecule has 7 nitrogen and oxygen atoms in total. The molecule has 182 valence electrons. The number of carbonyl (C=O) groups excluding carboxylic acids is 2. The molecule has 1 atom stereocenters. The highest BCUT2D eigenvalue weighted by molar-refractivity contribution is 6.07. The van der Waals surface area contributed by atoms with Crippen molar-refractivity contribution in [3.05, 3.63) is 65.5 Å². The van der Waals surface area contributed by atoms with Crippen LogP contribution < -0.4 is 10.1 Å². The molecule has 0 saturated carbocycles. The van der Waals surface area contributed by atoms with E-state index in [4.69, 9.17) is 9.47 Å². The van der Waals surface area contributed by atoms with Gasteiger partial charge in [-0.1, -0.05) is 24.3 Å². The van der Waals surface area contributed by atoms with Gasteiger partial charge in [0.2, 0.25) is 0 Å². The van der Waals surface area contributed by atoms with Crippen LogP contribution in [0.3, 0.4) is 0 Å². The van der Waals surface area contributed by atoms with E-state index in [0.29, 0.717) is 25.3 Å². The summed E-state index contributed by atoms with van der Waals surface area (Å²) in [5.41, 5.74) is 0.853. The molecule has 4 rings (SSSR count). The van der Waals surface area contributed by atoms with Crippen LogP contribution in [0.1, 0.15) is 24.0 Å². The minimum absolute atomic E-state index is 0.0218. The average Bonchev–Trinajstić information content (AvgIpc) is 3.07. The summed E-state index contributed by atoms with van der Waals surface area (Å²) in [5.74, 6) is 0.262. The predicted octanol–water partition coefficient (Wildman–Crippen LogP) is 3.23. The van der Waals surface area contributed by atoms with Crippen molar-refractivity contribution in [1.29, 1.82) is 0 Å². The summed E-state index contributed by atoms with van der Waals surface area (Å²) in [7, 11) is 3.16. The Bertz CT molecular complexity index is 1020. The molecule has 2 saturated heterocycles. The molecule has 2 aromatic carbocycles. The molecule has 3 amide bonds. The van der Waals surface area contributed by atoms with Crippen molar-refractivity contribution in [3.63, 3.8) is 0 Å². The molecule has 2 aromatic rings. The van der Waals surface area contributed by atoms with Crippen LogP contribution >= 0.6 is 0 Å². The zero-order chi connectivity index (χ0) is 24.1. The highest BCUT2D eigenvalue weighted by Gasteiger charge is 2.55. The third-order valence-electron chi connectivity index (χ3n) is 6.92. The van der Waals surface area contributed by atoms with Crippen LogP contribution in [0.15, 0.2) is 48.5 Å². The number of methoxy groups -OCH3 is 2. The molecular weight excluding hydrogens is 437 g/mol. The zero-order valence-corrected chi connectivity index (χ0v) is 19.8. The van der Waals surface area contributed by atoms with Gasteiger partial charge in [0, 0.05) is 20.1 Å². The van der Waals surface area contributed by atoms with E-state index in [0.717, 1.165) is 37.1 Å². The molecule has 0 spiro atoms. The summed E-state index contributed by atoms with van der Waals surface area (Å²) in [6.07, 6.45) is 1.90. The standard InChI is InChI=1S/C26H32FN3O4/c1-33-14-13-30-24(31)26(28-25(30)32,17-19-5-4-8-23(16-19)34-2)21-9-11-29(12-10-21)18-20-6-3-7-22(27)15-20/h3-8,15-16,21H,9-14,17-18H2,1-2H3,(H,28,32)/t26-/m1/s1. The molecule has 0 unspecified atom stereocenters. The lowest BCUT2D eigenvalue weighted by Gasteiger charge is -2.41. The molecule has 2 fully saturated rings. The van der Waals surface area contributed by atoms with Gasteiger partial charge in [0.05, 0.1) is 20.3 Å². The van der Waals surface area contributed by atoms with Gasteiger partial charge in [0.15, 0.2) is 0 Å². The first-order valence-corrected chi connectivity index (χ1v) is 11.7. The highest BCUT2D eigenvalue weighted by Crippen LogP contribution is 2.37. The molecule has 2 aliphatic rings. The normalized spacial score (nSPS) is 21.7. The summed E-state index contributed by atoms with van der Waals surface area (Å²) in [5, 5.41) is 3.08. The molecule has 0 aromatic heterocycles. The van der Waals surface area contributed by atoms with Crippen molar-refractivity contribution in [2.45, 2.75) is 31.3 Å². The second-order valence-electron chi connectivity index (χ2n) is 9.06.